The number of amides is 1. The van der Waals surface area contributed by atoms with E-state index in [1.807, 2.05) is 30.3 Å². The SMILES string of the molecule is O=C(CO/N=C/c1ccccc1[N+](=O)[O-])Nc1ccc(OCc2ccccc2)cc1. The van der Waals surface area contributed by atoms with Crippen LogP contribution in [-0.4, -0.2) is 23.7 Å². The summed E-state index contributed by atoms with van der Waals surface area (Å²) in [5.41, 5.74) is 1.84. The number of para-hydroxylation sites is 1. The largest absolute Gasteiger partial charge is 0.489 e. The van der Waals surface area contributed by atoms with Crippen LogP contribution in [0.3, 0.4) is 0 Å². The van der Waals surface area contributed by atoms with Gasteiger partial charge in [-0.1, -0.05) is 47.6 Å². The first-order chi connectivity index (χ1) is 14.6. The standard InChI is InChI=1S/C22H19N3O5/c26-22(16-30-23-14-18-8-4-5-9-21(18)25(27)28)24-19-10-12-20(13-11-19)29-15-17-6-2-1-3-7-17/h1-14H,15-16H2,(H,24,26)/b23-14+. The number of hydrogen-bond acceptors (Lipinski definition) is 6. The lowest BCUT2D eigenvalue weighted by Crippen LogP contribution is -2.16. The van der Waals surface area contributed by atoms with Crippen molar-refractivity contribution in [3.63, 3.8) is 0 Å². The molecule has 1 N–H and O–H groups in total. The molecule has 0 atom stereocenters. The molecule has 0 heterocycles. The molecule has 3 aromatic rings. The van der Waals surface area contributed by atoms with Crippen molar-refractivity contribution < 1.29 is 19.3 Å². The van der Waals surface area contributed by atoms with Gasteiger partial charge in [0.15, 0.2) is 6.61 Å². The third-order valence-electron chi connectivity index (χ3n) is 3.98. The summed E-state index contributed by atoms with van der Waals surface area (Å²) in [5, 5.41) is 17.2. The molecular formula is C22H19N3O5. The van der Waals surface area contributed by atoms with Crippen LogP contribution in [0.15, 0.2) is 84.0 Å². The number of nitro groups is 1. The van der Waals surface area contributed by atoms with Crippen molar-refractivity contribution in [1.82, 2.24) is 0 Å². The van der Waals surface area contributed by atoms with Gasteiger partial charge in [-0.25, -0.2) is 0 Å². The summed E-state index contributed by atoms with van der Waals surface area (Å²) in [4.78, 5) is 27.3. The lowest BCUT2D eigenvalue weighted by molar-refractivity contribution is -0.385. The van der Waals surface area contributed by atoms with E-state index in [4.69, 9.17) is 9.57 Å². The van der Waals surface area contributed by atoms with E-state index in [9.17, 15) is 14.9 Å². The van der Waals surface area contributed by atoms with Crippen LogP contribution >= 0.6 is 0 Å². The number of nitrogens with zero attached hydrogens (tertiary/aromatic N) is 2. The third-order valence-corrected chi connectivity index (χ3v) is 3.98. The number of nitro benzene ring substituents is 1. The Kier molecular flexibility index (Phi) is 7.10. The van der Waals surface area contributed by atoms with Crippen LogP contribution in [0, 0.1) is 10.1 Å². The van der Waals surface area contributed by atoms with Crippen molar-refractivity contribution >= 4 is 23.5 Å². The first-order valence-corrected chi connectivity index (χ1v) is 9.07. The van der Waals surface area contributed by atoms with Gasteiger partial charge in [-0.3, -0.25) is 14.9 Å². The number of carbonyl (C=O) groups excluding carboxylic acids is 1. The summed E-state index contributed by atoms with van der Waals surface area (Å²) < 4.78 is 5.70. The van der Waals surface area contributed by atoms with Gasteiger partial charge in [0.25, 0.3) is 11.6 Å². The van der Waals surface area contributed by atoms with Crippen LogP contribution in [0.5, 0.6) is 5.75 Å². The Bertz CT molecular complexity index is 1020. The summed E-state index contributed by atoms with van der Waals surface area (Å²) in [6.45, 7) is 0.126. The highest BCUT2D eigenvalue weighted by molar-refractivity contribution is 5.91. The van der Waals surface area contributed by atoms with Gasteiger partial charge in [-0.2, -0.15) is 0 Å². The molecular weight excluding hydrogens is 386 g/mol. The molecule has 0 aliphatic carbocycles. The first kappa shape index (κ1) is 20.5. The molecule has 0 aromatic heterocycles. The monoisotopic (exact) mass is 405 g/mol. The molecule has 8 heteroatoms. The molecule has 1 amide bonds. The highest BCUT2D eigenvalue weighted by atomic mass is 16.6. The zero-order valence-corrected chi connectivity index (χ0v) is 15.9. The predicted molar refractivity (Wildman–Crippen MR) is 112 cm³/mol. The van der Waals surface area contributed by atoms with Crippen molar-refractivity contribution in [2.75, 3.05) is 11.9 Å². The fourth-order valence-corrected chi connectivity index (χ4v) is 2.53. The minimum atomic E-state index is -0.513. The number of carbonyl (C=O) groups is 1. The molecule has 0 bridgehead atoms. The van der Waals surface area contributed by atoms with Gasteiger partial charge in [-0.05, 0) is 35.9 Å². The molecule has 0 saturated carbocycles. The minimum Gasteiger partial charge on any atom is -0.489 e. The van der Waals surface area contributed by atoms with Crippen molar-refractivity contribution in [1.29, 1.82) is 0 Å². The van der Waals surface area contributed by atoms with E-state index in [2.05, 4.69) is 10.5 Å². The van der Waals surface area contributed by atoms with Crippen LogP contribution in [-0.2, 0) is 16.2 Å². The van der Waals surface area contributed by atoms with E-state index < -0.39 is 10.8 Å². The van der Waals surface area contributed by atoms with E-state index in [1.54, 1.807) is 36.4 Å². The van der Waals surface area contributed by atoms with Crippen molar-refractivity contribution in [3.8, 4) is 5.75 Å². The normalized spacial score (nSPS) is 10.5. The zero-order valence-electron chi connectivity index (χ0n) is 15.9. The Balaban J connectivity index is 1.44. The molecule has 0 fully saturated rings. The molecule has 0 aliphatic rings. The fourth-order valence-electron chi connectivity index (χ4n) is 2.53. The lowest BCUT2D eigenvalue weighted by Gasteiger charge is -2.08. The maximum Gasteiger partial charge on any atom is 0.278 e. The molecule has 0 unspecified atom stereocenters. The number of hydrogen-bond donors (Lipinski definition) is 1. The Hall–Kier alpha value is -4.20. The Morgan fingerprint density at radius 2 is 1.70 bits per heavy atom. The van der Waals surface area contributed by atoms with Crippen molar-refractivity contribution in [2.24, 2.45) is 5.16 Å². The Morgan fingerprint density at radius 1 is 1.00 bits per heavy atom. The fraction of sp³-hybridized carbons (Fsp3) is 0.0909. The number of oxime groups is 1. The average Bonchev–Trinajstić information content (AvgIpc) is 2.77. The highest BCUT2D eigenvalue weighted by Crippen LogP contribution is 2.17. The van der Waals surface area contributed by atoms with Gasteiger partial charge in [0.05, 0.1) is 16.7 Å². The predicted octanol–water partition coefficient (Wildman–Crippen LogP) is 4.16. The molecule has 152 valence electrons. The third kappa shape index (κ3) is 6.16. The minimum absolute atomic E-state index is 0.0936. The smallest absolute Gasteiger partial charge is 0.278 e. The van der Waals surface area contributed by atoms with Crippen molar-refractivity contribution in [3.05, 3.63) is 100 Å². The van der Waals surface area contributed by atoms with Gasteiger partial charge in [0.1, 0.15) is 12.4 Å². The van der Waals surface area contributed by atoms with Gasteiger partial charge in [0, 0.05) is 11.8 Å². The molecule has 8 nitrogen and oxygen atoms in total. The summed E-state index contributed by atoms with van der Waals surface area (Å²) in [7, 11) is 0. The van der Waals surface area contributed by atoms with E-state index in [0.29, 0.717) is 18.0 Å². The molecule has 30 heavy (non-hydrogen) atoms. The van der Waals surface area contributed by atoms with E-state index in [1.165, 1.54) is 18.3 Å². The van der Waals surface area contributed by atoms with Gasteiger partial charge in [-0.15, -0.1) is 0 Å². The number of rotatable bonds is 9. The van der Waals surface area contributed by atoms with Crippen LogP contribution in [0.25, 0.3) is 0 Å². The van der Waals surface area contributed by atoms with Gasteiger partial charge in [0.2, 0.25) is 0 Å². The topological polar surface area (TPSA) is 103 Å². The van der Waals surface area contributed by atoms with Crippen LogP contribution in [0.4, 0.5) is 11.4 Å². The van der Waals surface area contributed by atoms with Gasteiger partial charge >= 0.3 is 0 Å². The van der Waals surface area contributed by atoms with Crippen LogP contribution < -0.4 is 10.1 Å². The van der Waals surface area contributed by atoms with Gasteiger partial charge < -0.3 is 14.9 Å². The number of anilines is 1. The Morgan fingerprint density at radius 3 is 2.43 bits per heavy atom. The number of benzene rings is 3. The second-order valence-electron chi connectivity index (χ2n) is 6.17. The summed E-state index contributed by atoms with van der Waals surface area (Å²) in [6, 6.07) is 22.8. The molecule has 3 rings (SSSR count). The maximum absolute atomic E-state index is 11.9. The Labute approximate surface area is 172 Å². The van der Waals surface area contributed by atoms with E-state index in [0.717, 1.165) is 5.56 Å². The molecule has 0 saturated heterocycles. The second kappa shape index (κ2) is 10.4. The highest BCUT2D eigenvalue weighted by Gasteiger charge is 2.10. The second-order valence-corrected chi connectivity index (χ2v) is 6.17. The van der Waals surface area contributed by atoms with E-state index in [-0.39, 0.29) is 17.9 Å². The molecule has 3 aromatic carbocycles. The zero-order chi connectivity index (χ0) is 21.2. The summed E-state index contributed by atoms with van der Waals surface area (Å²) in [6.07, 6.45) is 1.20. The maximum atomic E-state index is 11.9. The quantitative estimate of drug-likeness (QED) is 0.327. The molecule has 0 spiro atoms. The molecule has 0 aliphatic heterocycles. The number of ether oxygens (including phenoxy) is 1. The van der Waals surface area contributed by atoms with E-state index >= 15 is 0 Å². The van der Waals surface area contributed by atoms with Crippen molar-refractivity contribution in [2.45, 2.75) is 6.61 Å². The lowest BCUT2D eigenvalue weighted by atomic mass is 10.2. The number of nitrogens with one attached hydrogen (secondary N) is 1. The average molecular weight is 405 g/mol. The first-order valence-electron chi connectivity index (χ1n) is 9.07. The summed E-state index contributed by atoms with van der Waals surface area (Å²) >= 11 is 0. The summed E-state index contributed by atoms with van der Waals surface area (Å²) in [5.74, 6) is 0.273. The van der Waals surface area contributed by atoms with Crippen LogP contribution in [0.1, 0.15) is 11.1 Å². The molecule has 0 radical (unpaired) electrons. The van der Waals surface area contributed by atoms with Crippen LogP contribution in [0.2, 0.25) is 0 Å².